The molecule has 1 atom stereocenters. The number of piperidine rings is 1. The lowest BCUT2D eigenvalue weighted by molar-refractivity contribution is -0.137. The largest absolute Gasteiger partial charge is 0.342 e. The summed E-state index contributed by atoms with van der Waals surface area (Å²) < 4.78 is 4.17. The summed E-state index contributed by atoms with van der Waals surface area (Å²) in [6.45, 7) is 3.68. The van der Waals surface area contributed by atoms with E-state index in [1.807, 2.05) is 35.7 Å². The zero-order chi connectivity index (χ0) is 15.6. The molecule has 122 valence electrons. The first-order valence-electron chi connectivity index (χ1n) is 8.55. The van der Waals surface area contributed by atoms with E-state index in [0.717, 1.165) is 51.9 Å². The summed E-state index contributed by atoms with van der Waals surface area (Å²) in [5, 5.41) is 4.29. The zero-order valence-corrected chi connectivity index (χ0v) is 13.3. The molecule has 0 spiro atoms. The Balaban J connectivity index is 1.31. The molecule has 2 aromatic rings. The van der Waals surface area contributed by atoms with Gasteiger partial charge in [0, 0.05) is 62.8 Å². The van der Waals surface area contributed by atoms with Crippen molar-refractivity contribution < 1.29 is 4.79 Å². The Kier molecular flexibility index (Phi) is 3.89. The van der Waals surface area contributed by atoms with Gasteiger partial charge in [0.05, 0.1) is 6.33 Å². The van der Waals surface area contributed by atoms with Crippen molar-refractivity contribution >= 4 is 5.91 Å². The highest BCUT2D eigenvalue weighted by Gasteiger charge is 2.31. The molecule has 2 aromatic heterocycles. The molecule has 1 fully saturated rings. The van der Waals surface area contributed by atoms with Crippen LogP contribution in [0.3, 0.4) is 0 Å². The van der Waals surface area contributed by atoms with Crippen LogP contribution in [0.4, 0.5) is 0 Å². The van der Waals surface area contributed by atoms with Gasteiger partial charge in [-0.15, -0.1) is 0 Å². The molecule has 0 aliphatic carbocycles. The highest BCUT2D eigenvalue weighted by molar-refractivity contribution is 5.79. The monoisotopic (exact) mass is 313 g/mol. The van der Waals surface area contributed by atoms with Crippen molar-refractivity contribution in [2.75, 3.05) is 13.1 Å². The third-order valence-corrected chi connectivity index (χ3v) is 5.25. The topological polar surface area (TPSA) is 56.0 Å². The van der Waals surface area contributed by atoms with Gasteiger partial charge >= 0.3 is 0 Å². The first kappa shape index (κ1) is 14.5. The second-order valence-corrected chi connectivity index (χ2v) is 6.76. The molecule has 6 nitrogen and oxygen atoms in total. The maximum absolute atomic E-state index is 12.8. The molecule has 0 saturated carbocycles. The fraction of sp³-hybridized carbons (Fsp3) is 0.588. The summed E-state index contributed by atoms with van der Waals surface area (Å²) in [5.74, 6) is 1.14. The van der Waals surface area contributed by atoms with Gasteiger partial charge in [0.15, 0.2) is 0 Å². The van der Waals surface area contributed by atoms with Gasteiger partial charge in [-0.25, -0.2) is 4.98 Å². The van der Waals surface area contributed by atoms with Crippen molar-refractivity contribution in [3.63, 3.8) is 0 Å². The van der Waals surface area contributed by atoms with Crippen LogP contribution in [0.15, 0.2) is 31.0 Å². The summed E-state index contributed by atoms with van der Waals surface area (Å²) >= 11 is 0. The predicted molar refractivity (Wildman–Crippen MR) is 85.6 cm³/mol. The van der Waals surface area contributed by atoms with Crippen LogP contribution in [-0.4, -0.2) is 43.2 Å². The number of aromatic nitrogens is 4. The van der Waals surface area contributed by atoms with Gasteiger partial charge in [-0.2, -0.15) is 5.10 Å². The first-order valence-corrected chi connectivity index (χ1v) is 8.55. The molecule has 0 aromatic carbocycles. The Bertz CT molecular complexity index is 654. The van der Waals surface area contributed by atoms with Crippen LogP contribution in [0.25, 0.3) is 0 Å². The number of hydrogen-bond donors (Lipinski definition) is 0. The minimum Gasteiger partial charge on any atom is -0.342 e. The minimum absolute atomic E-state index is 0.143. The van der Waals surface area contributed by atoms with E-state index in [4.69, 9.17) is 0 Å². The maximum atomic E-state index is 12.8. The van der Waals surface area contributed by atoms with Crippen molar-refractivity contribution in [1.29, 1.82) is 0 Å². The molecule has 4 rings (SSSR count). The maximum Gasteiger partial charge on any atom is 0.226 e. The van der Waals surface area contributed by atoms with Gasteiger partial charge in [0.2, 0.25) is 5.91 Å². The Morgan fingerprint density at radius 3 is 2.83 bits per heavy atom. The molecule has 1 saturated heterocycles. The average molecular weight is 313 g/mol. The van der Waals surface area contributed by atoms with E-state index < -0.39 is 0 Å². The van der Waals surface area contributed by atoms with E-state index in [2.05, 4.69) is 19.5 Å². The van der Waals surface area contributed by atoms with Crippen LogP contribution >= 0.6 is 0 Å². The first-order chi connectivity index (χ1) is 11.3. The van der Waals surface area contributed by atoms with Gasteiger partial charge < -0.3 is 9.47 Å². The molecule has 6 heteroatoms. The van der Waals surface area contributed by atoms with Gasteiger partial charge in [-0.1, -0.05) is 0 Å². The lowest BCUT2D eigenvalue weighted by Gasteiger charge is -2.35. The van der Waals surface area contributed by atoms with Crippen molar-refractivity contribution in [3.05, 3.63) is 36.7 Å². The molecular weight excluding hydrogens is 290 g/mol. The SMILES string of the molecule is O=C(C1CCn2nccc2C1)N1CCC(Cn2ccnc2)CC1. The van der Waals surface area contributed by atoms with E-state index in [1.54, 1.807) is 0 Å². The smallest absolute Gasteiger partial charge is 0.226 e. The second-order valence-electron chi connectivity index (χ2n) is 6.76. The van der Waals surface area contributed by atoms with E-state index >= 15 is 0 Å². The average Bonchev–Trinajstić information content (AvgIpc) is 3.25. The summed E-state index contributed by atoms with van der Waals surface area (Å²) in [5.41, 5.74) is 1.20. The number of carbonyl (C=O) groups is 1. The van der Waals surface area contributed by atoms with Crippen molar-refractivity contribution in [3.8, 4) is 0 Å². The van der Waals surface area contributed by atoms with Crippen LogP contribution in [0, 0.1) is 11.8 Å². The number of aryl methyl sites for hydroxylation is 1. The Hall–Kier alpha value is -2.11. The molecule has 23 heavy (non-hydrogen) atoms. The summed E-state index contributed by atoms with van der Waals surface area (Å²) in [6, 6.07) is 2.04. The highest BCUT2D eigenvalue weighted by atomic mass is 16.2. The number of nitrogens with zero attached hydrogens (tertiary/aromatic N) is 5. The lowest BCUT2D eigenvalue weighted by Crippen LogP contribution is -2.44. The second kappa shape index (κ2) is 6.18. The predicted octanol–water partition coefficient (Wildman–Crippen LogP) is 1.58. The fourth-order valence-electron chi connectivity index (χ4n) is 3.87. The van der Waals surface area contributed by atoms with Gasteiger partial charge in [-0.3, -0.25) is 9.48 Å². The molecule has 1 unspecified atom stereocenters. The van der Waals surface area contributed by atoms with Gasteiger partial charge in [0.1, 0.15) is 0 Å². The lowest BCUT2D eigenvalue weighted by atomic mass is 9.91. The molecular formula is C17H23N5O. The number of likely N-dealkylation sites (tertiary alicyclic amines) is 1. The summed E-state index contributed by atoms with van der Waals surface area (Å²) in [4.78, 5) is 19.0. The number of carbonyl (C=O) groups excluding carboxylic acids is 1. The van der Waals surface area contributed by atoms with Crippen molar-refractivity contribution in [2.45, 2.75) is 38.8 Å². The van der Waals surface area contributed by atoms with Gasteiger partial charge in [-0.05, 0) is 31.2 Å². The molecule has 4 heterocycles. The van der Waals surface area contributed by atoms with Crippen molar-refractivity contribution in [1.82, 2.24) is 24.2 Å². The summed E-state index contributed by atoms with van der Waals surface area (Å²) in [7, 11) is 0. The van der Waals surface area contributed by atoms with Crippen LogP contribution in [0.1, 0.15) is 25.0 Å². The molecule has 1 amide bonds. The minimum atomic E-state index is 0.143. The molecule has 2 aliphatic heterocycles. The molecule has 0 N–H and O–H groups in total. The van der Waals surface area contributed by atoms with E-state index in [9.17, 15) is 4.79 Å². The van der Waals surface area contributed by atoms with Crippen molar-refractivity contribution in [2.24, 2.45) is 11.8 Å². The van der Waals surface area contributed by atoms with Crippen LogP contribution in [-0.2, 0) is 24.3 Å². The van der Waals surface area contributed by atoms with E-state index in [0.29, 0.717) is 11.8 Å². The number of amides is 1. The number of fused-ring (bicyclic) bond motifs is 1. The summed E-state index contributed by atoms with van der Waals surface area (Å²) in [6.07, 6.45) is 11.5. The van der Waals surface area contributed by atoms with Gasteiger partial charge in [0.25, 0.3) is 0 Å². The third-order valence-electron chi connectivity index (χ3n) is 5.25. The fourth-order valence-corrected chi connectivity index (χ4v) is 3.87. The van der Waals surface area contributed by atoms with Crippen LogP contribution < -0.4 is 0 Å². The third kappa shape index (κ3) is 3.02. The van der Waals surface area contributed by atoms with E-state index in [-0.39, 0.29) is 5.92 Å². The van der Waals surface area contributed by atoms with E-state index in [1.165, 1.54) is 5.69 Å². The Morgan fingerprint density at radius 1 is 1.17 bits per heavy atom. The number of rotatable bonds is 3. The van der Waals surface area contributed by atoms with Crippen LogP contribution in [0.2, 0.25) is 0 Å². The quantitative estimate of drug-likeness (QED) is 0.864. The highest BCUT2D eigenvalue weighted by Crippen LogP contribution is 2.25. The molecule has 0 radical (unpaired) electrons. The standard InChI is InChI=1S/C17H23N5O/c23-17(15-4-9-22-16(11-15)1-5-19-22)21-7-2-14(3-8-21)12-20-10-6-18-13-20/h1,5-6,10,13-15H,2-4,7-9,11-12H2. The normalized spacial score (nSPS) is 22.1. The Labute approximate surface area is 136 Å². The molecule has 2 aliphatic rings. The number of hydrogen-bond acceptors (Lipinski definition) is 3. The number of imidazole rings is 1. The Morgan fingerprint density at radius 2 is 2.04 bits per heavy atom. The zero-order valence-electron chi connectivity index (χ0n) is 13.3. The van der Waals surface area contributed by atoms with Crippen LogP contribution in [0.5, 0.6) is 0 Å². The molecule has 0 bridgehead atoms.